The van der Waals surface area contributed by atoms with Gasteiger partial charge in [-0.25, -0.2) is 0 Å². The molecule has 1 aromatic carbocycles. The molecule has 0 heterocycles. The molecule has 1 rings (SSSR count). The van der Waals surface area contributed by atoms with Crippen LogP contribution in [0.1, 0.15) is 13.8 Å². The van der Waals surface area contributed by atoms with Crippen LogP contribution in [0.2, 0.25) is 0 Å². The monoisotopic (exact) mass is 257 g/mol. The van der Waals surface area contributed by atoms with Crippen molar-refractivity contribution in [2.45, 2.75) is 13.8 Å². The summed E-state index contributed by atoms with van der Waals surface area (Å²) < 4.78 is 6.66. The summed E-state index contributed by atoms with van der Waals surface area (Å²) >= 11 is 3.39. The number of nitrogens with two attached hydrogens (primary N) is 1. The van der Waals surface area contributed by atoms with Gasteiger partial charge in [-0.3, -0.25) is 0 Å². The number of ether oxygens (including phenoxy) is 1. The van der Waals surface area contributed by atoms with Gasteiger partial charge in [-0.15, -0.1) is 0 Å². The minimum Gasteiger partial charge on any atom is -0.493 e. The van der Waals surface area contributed by atoms with Crippen LogP contribution in [-0.2, 0) is 0 Å². The molecule has 0 aliphatic heterocycles. The summed E-state index contributed by atoms with van der Waals surface area (Å²) in [6.07, 6.45) is 0. The molecule has 78 valence electrons. The lowest BCUT2D eigenvalue weighted by atomic mass is 9.95. The van der Waals surface area contributed by atoms with Gasteiger partial charge < -0.3 is 10.5 Å². The van der Waals surface area contributed by atoms with Gasteiger partial charge in [-0.1, -0.05) is 35.8 Å². The third-order valence-corrected chi connectivity index (χ3v) is 2.47. The zero-order valence-electron chi connectivity index (χ0n) is 8.59. The lowest BCUT2D eigenvalue weighted by molar-refractivity contribution is 0.187. The first-order valence-electron chi connectivity index (χ1n) is 4.62. The number of benzene rings is 1. The van der Waals surface area contributed by atoms with E-state index in [2.05, 4.69) is 29.8 Å². The molecule has 0 spiro atoms. The van der Waals surface area contributed by atoms with Crippen molar-refractivity contribution in [2.75, 3.05) is 13.2 Å². The first-order chi connectivity index (χ1) is 6.53. The van der Waals surface area contributed by atoms with E-state index < -0.39 is 0 Å². The van der Waals surface area contributed by atoms with Crippen molar-refractivity contribution in [1.82, 2.24) is 0 Å². The van der Waals surface area contributed by atoms with E-state index in [0.717, 1.165) is 10.2 Å². The fourth-order valence-corrected chi connectivity index (χ4v) is 1.27. The normalized spacial score (nSPS) is 11.4. The minimum absolute atomic E-state index is 0.0301. The quantitative estimate of drug-likeness (QED) is 0.901. The molecule has 1 aromatic rings. The largest absolute Gasteiger partial charge is 0.493 e. The Kier molecular flexibility index (Phi) is 3.96. The van der Waals surface area contributed by atoms with Gasteiger partial charge >= 0.3 is 0 Å². The Morgan fingerprint density at radius 3 is 2.71 bits per heavy atom. The van der Waals surface area contributed by atoms with Crippen molar-refractivity contribution >= 4 is 15.9 Å². The van der Waals surface area contributed by atoms with Crippen LogP contribution in [0.15, 0.2) is 28.7 Å². The highest BCUT2D eigenvalue weighted by molar-refractivity contribution is 9.10. The topological polar surface area (TPSA) is 35.2 Å². The zero-order valence-corrected chi connectivity index (χ0v) is 10.2. The third-order valence-electron chi connectivity index (χ3n) is 1.98. The van der Waals surface area contributed by atoms with Gasteiger partial charge in [-0.2, -0.15) is 0 Å². The van der Waals surface area contributed by atoms with Crippen molar-refractivity contribution in [1.29, 1.82) is 0 Å². The lowest BCUT2D eigenvalue weighted by Gasteiger charge is -2.22. The Bertz CT molecular complexity index is 299. The molecule has 14 heavy (non-hydrogen) atoms. The van der Waals surface area contributed by atoms with Crippen LogP contribution in [-0.4, -0.2) is 13.2 Å². The van der Waals surface area contributed by atoms with Crippen molar-refractivity contribution in [2.24, 2.45) is 11.1 Å². The second kappa shape index (κ2) is 4.80. The van der Waals surface area contributed by atoms with Gasteiger partial charge in [-0.05, 0) is 18.2 Å². The molecule has 0 atom stereocenters. The minimum atomic E-state index is 0.0301. The van der Waals surface area contributed by atoms with Crippen LogP contribution in [0.5, 0.6) is 5.75 Å². The standard InChI is InChI=1S/C11H16BrNO/c1-11(2,7-13)8-14-10-5-3-4-9(12)6-10/h3-6H,7-8,13H2,1-2H3. The van der Waals surface area contributed by atoms with E-state index in [9.17, 15) is 0 Å². The second-order valence-electron chi connectivity index (χ2n) is 4.11. The van der Waals surface area contributed by atoms with Gasteiger partial charge in [0.15, 0.2) is 0 Å². The molecule has 0 saturated carbocycles. The summed E-state index contributed by atoms with van der Waals surface area (Å²) in [7, 11) is 0. The molecule has 0 aliphatic carbocycles. The van der Waals surface area contributed by atoms with Crippen LogP contribution in [0.3, 0.4) is 0 Å². The Hall–Kier alpha value is -0.540. The number of hydrogen-bond acceptors (Lipinski definition) is 2. The average molecular weight is 258 g/mol. The summed E-state index contributed by atoms with van der Waals surface area (Å²) in [6, 6.07) is 7.82. The summed E-state index contributed by atoms with van der Waals surface area (Å²) in [4.78, 5) is 0. The predicted octanol–water partition coefficient (Wildman–Crippen LogP) is 2.81. The van der Waals surface area contributed by atoms with Crippen LogP contribution < -0.4 is 10.5 Å². The lowest BCUT2D eigenvalue weighted by Crippen LogP contribution is -2.30. The van der Waals surface area contributed by atoms with Gasteiger partial charge in [0, 0.05) is 16.4 Å². The summed E-state index contributed by atoms with van der Waals surface area (Å²) in [6.45, 7) is 5.44. The molecule has 3 heteroatoms. The molecule has 0 radical (unpaired) electrons. The van der Waals surface area contributed by atoms with E-state index in [0.29, 0.717) is 13.2 Å². The number of halogens is 1. The summed E-state index contributed by atoms with van der Waals surface area (Å²) in [5.74, 6) is 0.876. The van der Waals surface area contributed by atoms with Crippen LogP contribution in [0, 0.1) is 5.41 Å². The van der Waals surface area contributed by atoms with Crippen molar-refractivity contribution in [3.8, 4) is 5.75 Å². The predicted molar refractivity (Wildman–Crippen MR) is 62.5 cm³/mol. The van der Waals surface area contributed by atoms with Crippen molar-refractivity contribution < 1.29 is 4.74 Å². The molecular formula is C11H16BrNO. The van der Waals surface area contributed by atoms with E-state index >= 15 is 0 Å². The molecule has 0 aromatic heterocycles. The summed E-state index contributed by atoms with van der Waals surface area (Å²) in [5.41, 5.74) is 5.64. The Balaban J connectivity index is 2.54. The molecule has 0 fully saturated rings. The SMILES string of the molecule is CC(C)(CN)COc1cccc(Br)c1. The molecule has 0 aliphatic rings. The van der Waals surface area contributed by atoms with Crippen LogP contribution in [0.4, 0.5) is 0 Å². The highest BCUT2D eigenvalue weighted by atomic mass is 79.9. The molecule has 0 unspecified atom stereocenters. The maximum absolute atomic E-state index is 5.63. The van der Waals surface area contributed by atoms with Crippen molar-refractivity contribution in [3.05, 3.63) is 28.7 Å². The Morgan fingerprint density at radius 2 is 2.14 bits per heavy atom. The highest BCUT2D eigenvalue weighted by Crippen LogP contribution is 2.20. The Labute approximate surface area is 93.6 Å². The highest BCUT2D eigenvalue weighted by Gasteiger charge is 2.16. The van der Waals surface area contributed by atoms with Crippen molar-refractivity contribution in [3.63, 3.8) is 0 Å². The van der Waals surface area contributed by atoms with E-state index in [1.807, 2.05) is 24.3 Å². The van der Waals surface area contributed by atoms with Gasteiger partial charge in [0.2, 0.25) is 0 Å². The molecule has 2 N–H and O–H groups in total. The van der Waals surface area contributed by atoms with Gasteiger partial charge in [0.1, 0.15) is 5.75 Å². The van der Waals surface area contributed by atoms with E-state index in [-0.39, 0.29) is 5.41 Å². The van der Waals surface area contributed by atoms with Gasteiger partial charge in [0.05, 0.1) is 6.61 Å². The zero-order chi connectivity index (χ0) is 10.6. The number of hydrogen-bond donors (Lipinski definition) is 1. The maximum Gasteiger partial charge on any atom is 0.120 e. The van der Waals surface area contributed by atoms with Crippen LogP contribution >= 0.6 is 15.9 Å². The van der Waals surface area contributed by atoms with Crippen LogP contribution in [0.25, 0.3) is 0 Å². The summed E-state index contributed by atoms with van der Waals surface area (Å²) in [5, 5.41) is 0. The Morgan fingerprint density at radius 1 is 1.43 bits per heavy atom. The molecular weight excluding hydrogens is 242 g/mol. The molecule has 0 amide bonds. The molecule has 2 nitrogen and oxygen atoms in total. The van der Waals surface area contributed by atoms with E-state index in [1.165, 1.54) is 0 Å². The molecule has 0 saturated heterocycles. The fraction of sp³-hybridized carbons (Fsp3) is 0.455. The van der Waals surface area contributed by atoms with E-state index in [1.54, 1.807) is 0 Å². The smallest absolute Gasteiger partial charge is 0.120 e. The average Bonchev–Trinajstić information content (AvgIpc) is 2.15. The first-order valence-corrected chi connectivity index (χ1v) is 5.41. The number of rotatable bonds is 4. The third kappa shape index (κ3) is 3.68. The fourth-order valence-electron chi connectivity index (χ4n) is 0.894. The second-order valence-corrected chi connectivity index (χ2v) is 5.03. The first kappa shape index (κ1) is 11.5. The molecule has 0 bridgehead atoms. The van der Waals surface area contributed by atoms with E-state index in [4.69, 9.17) is 10.5 Å². The maximum atomic E-state index is 5.63. The van der Waals surface area contributed by atoms with Gasteiger partial charge in [0.25, 0.3) is 0 Å².